The lowest BCUT2D eigenvalue weighted by Gasteiger charge is -2.17. The molecule has 2 aromatic rings. The second-order valence-corrected chi connectivity index (χ2v) is 10.7. The fourth-order valence-corrected chi connectivity index (χ4v) is 4.14. The number of carbonyl (C=O) groups is 2. The number of hydrogen-bond donors (Lipinski definition) is 2. The van der Waals surface area contributed by atoms with Crippen molar-refractivity contribution in [1.29, 1.82) is 0 Å². The van der Waals surface area contributed by atoms with Crippen LogP contribution in [-0.2, 0) is 25.5 Å². The minimum Gasteiger partial charge on any atom is -0.493 e. The summed E-state index contributed by atoms with van der Waals surface area (Å²) in [7, 11) is 6.46. The molecule has 0 saturated carbocycles. The van der Waals surface area contributed by atoms with Crippen LogP contribution in [0.25, 0.3) is 6.08 Å². The molecule has 1 atom stereocenters. The van der Waals surface area contributed by atoms with Crippen molar-refractivity contribution in [3.05, 3.63) is 53.1 Å². The van der Waals surface area contributed by atoms with Crippen molar-refractivity contribution in [1.82, 2.24) is 0 Å². The summed E-state index contributed by atoms with van der Waals surface area (Å²) in [5.74, 6) is 0.436. The van der Waals surface area contributed by atoms with E-state index in [-0.39, 0.29) is 11.8 Å². The molecule has 0 aliphatic heterocycles. The molecule has 2 rings (SSSR count). The van der Waals surface area contributed by atoms with E-state index in [1.54, 1.807) is 46.6 Å². The molecule has 246 valence electrons. The lowest BCUT2D eigenvalue weighted by molar-refractivity contribution is -0.143. The van der Waals surface area contributed by atoms with E-state index < -0.39 is 17.9 Å². The Morgan fingerprint density at radius 2 is 1.25 bits per heavy atom. The van der Waals surface area contributed by atoms with E-state index >= 15 is 0 Å². The third-order valence-electron chi connectivity index (χ3n) is 6.69. The molecule has 0 fully saturated rings. The monoisotopic (exact) mass is 618 g/mol. The van der Waals surface area contributed by atoms with E-state index in [9.17, 15) is 19.8 Å². The van der Waals surface area contributed by atoms with Gasteiger partial charge in [0.05, 0.1) is 33.4 Å². The maximum Gasteiger partial charge on any atom is 0.331 e. The van der Waals surface area contributed by atoms with Gasteiger partial charge >= 0.3 is 11.9 Å². The predicted octanol–water partition coefficient (Wildman–Crippen LogP) is 6.24. The Morgan fingerprint density at radius 1 is 0.727 bits per heavy atom. The van der Waals surface area contributed by atoms with Gasteiger partial charge in [-0.2, -0.15) is 0 Å². The highest BCUT2D eigenvalue weighted by Crippen LogP contribution is 2.31. The zero-order chi connectivity index (χ0) is 33.1. The first-order valence-electron chi connectivity index (χ1n) is 14.7. The minimum absolute atomic E-state index is 0.0642. The number of methoxy groups -OCH3 is 4. The molecule has 10 nitrogen and oxygen atoms in total. The van der Waals surface area contributed by atoms with Gasteiger partial charge in [0.15, 0.2) is 23.0 Å². The Balaban J connectivity index is 0.000000440. The molecule has 0 bridgehead atoms. The molecule has 10 heteroatoms. The van der Waals surface area contributed by atoms with Gasteiger partial charge < -0.3 is 38.6 Å². The predicted molar refractivity (Wildman–Crippen MR) is 170 cm³/mol. The Labute approximate surface area is 261 Å². The largest absolute Gasteiger partial charge is 0.493 e. The Hall–Kier alpha value is -3.76. The average Bonchev–Trinajstić information content (AvgIpc) is 2.99. The first kappa shape index (κ1) is 38.3. The van der Waals surface area contributed by atoms with Gasteiger partial charge in [-0.3, -0.25) is 4.79 Å². The van der Waals surface area contributed by atoms with E-state index in [2.05, 4.69) is 0 Å². The van der Waals surface area contributed by atoms with E-state index in [4.69, 9.17) is 28.4 Å². The standard InChI is InChI=1S/C17H26O5.C17H24O5/c2*1-12(2)14(17(18)19)10-13-6-7-15(21-4)16(11-13)22-9-5-8-20-3/h6-7,11-12,14H,5,8-10H2,1-4H3,(H,18,19);6-7,10-12H,5,8-9H2,1-4H3,(H,18,19)/b;14-10+. The molecule has 2 N–H and O–H groups in total. The third-order valence-corrected chi connectivity index (χ3v) is 6.69. The Bertz CT molecular complexity index is 1170. The van der Waals surface area contributed by atoms with E-state index in [0.29, 0.717) is 61.4 Å². The Morgan fingerprint density at radius 3 is 1.68 bits per heavy atom. The van der Waals surface area contributed by atoms with E-state index in [1.165, 1.54) is 0 Å². The van der Waals surface area contributed by atoms with Crippen LogP contribution in [0.5, 0.6) is 23.0 Å². The van der Waals surface area contributed by atoms with Crippen LogP contribution < -0.4 is 18.9 Å². The summed E-state index contributed by atoms with van der Waals surface area (Å²) >= 11 is 0. The van der Waals surface area contributed by atoms with Gasteiger partial charge in [-0.25, -0.2) is 4.79 Å². The number of carboxylic acid groups (broad SMARTS) is 2. The van der Waals surface area contributed by atoms with Crippen LogP contribution in [0.4, 0.5) is 0 Å². The molecule has 2 aromatic carbocycles. The highest BCUT2D eigenvalue weighted by molar-refractivity contribution is 5.92. The molecular formula is C34H50O10. The molecular weight excluding hydrogens is 568 g/mol. The number of aliphatic carboxylic acids is 2. The van der Waals surface area contributed by atoms with Crippen molar-refractivity contribution in [2.75, 3.05) is 54.9 Å². The second kappa shape index (κ2) is 21.0. The molecule has 44 heavy (non-hydrogen) atoms. The smallest absolute Gasteiger partial charge is 0.331 e. The second-order valence-electron chi connectivity index (χ2n) is 10.7. The van der Waals surface area contributed by atoms with Crippen LogP contribution in [0.1, 0.15) is 51.7 Å². The summed E-state index contributed by atoms with van der Waals surface area (Å²) in [5.41, 5.74) is 2.06. The summed E-state index contributed by atoms with van der Waals surface area (Å²) in [4.78, 5) is 22.6. The molecule has 0 spiro atoms. The van der Waals surface area contributed by atoms with Crippen LogP contribution in [-0.4, -0.2) is 77.0 Å². The van der Waals surface area contributed by atoms with Crippen molar-refractivity contribution < 1.29 is 48.2 Å². The summed E-state index contributed by atoms with van der Waals surface area (Å²) < 4.78 is 31.9. The number of hydrogen-bond acceptors (Lipinski definition) is 8. The molecule has 0 saturated heterocycles. The quantitative estimate of drug-likeness (QED) is 0.138. The summed E-state index contributed by atoms with van der Waals surface area (Å²) in [5, 5.41) is 18.5. The van der Waals surface area contributed by atoms with Gasteiger partial charge in [0.1, 0.15) is 0 Å². The third kappa shape index (κ3) is 13.7. The maximum atomic E-state index is 11.3. The number of benzene rings is 2. The molecule has 0 aliphatic carbocycles. The first-order valence-corrected chi connectivity index (χ1v) is 14.7. The maximum absolute atomic E-state index is 11.3. The molecule has 0 aliphatic rings. The first-order chi connectivity index (χ1) is 21.0. The van der Waals surface area contributed by atoms with Crippen LogP contribution in [0.15, 0.2) is 42.0 Å². The van der Waals surface area contributed by atoms with Crippen molar-refractivity contribution in [3.8, 4) is 23.0 Å². The highest BCUT2D eigenvalue weighted by Gasteiger charge is 2.22. The van der Waals surface area contributed by atoms with Crippen LogP contribution >= 0.6 is 0 Å². The lowest BCUT2D eigenvalue weighted by Crippen LogP contribution is -2.22. The van der Waals surface area contributed by atoms with Gasteiger partial charge in [0.2, 0.25) is 0 Å². The van der Waals surface area contributed by atoms with Gasteiger partial charge in [0.25, 0.3) is 0 Å². The average molecular weight is 619 g/mol. The van der Waals surface area contributed by atoms with Crippen LogP contribution in [0.2, 0.25) is 0 Å². The van der Waals surface area contributed by atoms with Gasteiger partial charge in [-0.1, -0.05) is 39.8 Å². The highest BCUT2D eigenvalue weighted by atomic mass is 16.5. The van der Waals surface area contributed by atoms with E-state index in [1.807, 2.05) is 52.0 Å². The van der Waals surface area contributed by atoms with Crippen molar-refractivity contribution in [2.45, 2.75) is 47.0 Å². The minimum atomic E-state index is -0.909. The summed E-state index contributed by atoms with van der Waals surface area (Å²) in [6.45, 7) is 9.84. The van der Waals surface area contributed by atoms with Crippen molar-refractivity contribution >= 4 is 18.0 Å². The summed E-state index contributed by atoms with van der Waals surface area (Å²) in [6, 6.07) is 10.9. The fraction of sp³-hybridized carbons (Fsp3) is 0.529. The number of rotatable bonds is 19. The van der Waals surface area contributed by atoms with Crippen LogP contribution in [0, 0.1) is 17.8 Å². The van der Waals surface area contributed by atoms with Crippen molar-refractivity contribution in [2.24, 2.45) is 17.8 Å². The van der Waals surface area contributed by atoms with E-state index in [0.717, 1.165) is 24.0 Å². The molecule has 0 heterocycles. The molecule has 0 amide bonds. The SMILES string of the molecule is COCCCOc1cc(/C=C(/C(=O)O)C(C)C)ccc1OC.COCCCOc1cc(CC(C(=O)O)C(C)C)ccc1OC. The summed E-state index contributed by atoms with van der Waals surface area (Å²) in [6.07, 6.45) is 3.69. The molecule has 0 radical (unpaired) electrons. The van der Waals surface area contributed by atoms with Crippen LogP contribution in [0.3, 0.4) is 0 Å². The van der Waals surface area contributed by atoms with Crippen molar-refractivity contribution in [3.63, 3.8) is 0 Å². The lowest BCUT2D eigenvalue weighted by atomic mass is 9.89. The topological polar surface area (TPSA) is 130 Å². The van der Waals surface area contributed by atoms with Gasteiger partial charge in [-0.05, 0) is 59.7 Å². The zero-order valence-electron chi connectivity index (χ0n) is 27.4. The number of carboxylic acids is 2. The Kier molecular flexibility index (Phi) is 18.3. The molecule has 1 unspecified atom stereocenters. The normalized spacial score (nSPS) is 11.9. The molecule has 0 aromatic heterocycles. The number of ether oxygens (including phenoxy) is 6. The zero-order valence-corrected chi connectivity index (χ0v) is 27.4. The van der Waals surface area contributed by atoms with Gasteiger partial charge in [-0.15, -0.1) is 0 Å². The van der Waals surface area contributed by atoms with Gasteiger partial charge in [0, 0.05) is 45.8 Å². The fourth-order valence-electron chi connectivity index (χ4n) is 4.14.